The molecule has 7 heteroatoms. The van der Waals surface area contributed by atoms with Crippen LogP contribution in [0.5, 0.6) is 0 Å². The van der Waals surface area contributed by atoms with Gasteiger partial charge in [-0.3, -0.25) is 21.0 Å². The van der Waals surface area contributed by atoms with Crippen molar-refractivity contribution < 1.29 is 4.92 Å². The number of benzene rings is 1. The Bertz CT molecular complexity index is 576. The molecular formula is C11H9ClN4O2. The molecule has 0 atom stereocenters. The summed E-state index contributed by atoms with van der Waals surface area (Å²) in [5.74, 6) is 0.400. The fraction of sp³-hybridized carbons (Fsp3) is 0. The van der Waals surface area contributed by atoms with Crippen LogP contribution >= 0.6 is 11.6 Å². The lowest BCUT2D eigenvalue weighted by Gasteiger charge is -2.09. The van der Waals surface area contributed by atoms with Crippen molar-refractivity contribution in [3.8, 4) is 0 Å². The van der Waals surface area contributed by atoms with Crippen molar-refractivity contribution in [2.45, 2.75) is 0 Å². The van der Waals surface area contributed by atoms with E-state index in [4.69, 9.17) is 11.6 Å². The largest absolute Gasteiger partial charge is 0.294 e. The molecule has 0 amide bonds. The number of hydrogen-bond acceptors (Lipinski definition) is 5. The van der Waals surface area contributed by atoms with Crippen molar-refractivity contribution in [3.63, 3.8) is 0 Å². The summed E-state index contributed by atoms with van der Waals surface area (Å²) < 4.78 is 0. The Morgan fingerprint density at radius 3 is 2.67 bits per heavy atom. The molecule has 0 radical (unpaired) electrons. The third kappa shape index (κ3) is 2.67. The average Bonchev–Trinajstić information content (AvgIpc) is 2.38. The lowest BCUT2D eigenvalue weighted by Crippen LogP contribution is -2.11. The molecule has 2 N–H and O–H groups in total. The molecule has 18 heavy (non-hydrogen) atoms. The van der Waals surface area contributed by atoms with Crippen molar-refractivity contribution in [1.29, 1.82) is 0 Å². The minimum atomic E-state index is -0.468. The molecule has 0 bridgehead atoms. The number of nitro benzene ring substituents is 1. The minimum Gasteiger partial charge on any atom is -0.293 e. The Morgan fingerprint density at radius 1 is 1.17 bits per heavy atom. The SMILES string of the molecule is O=[N+]([O-])c1ccccc1NNc1ncccc1Cl. The van der Waals surface area contributed by atoms with Crippen LogP contribution in [0.1, 0.15) is 0 Å². The van der Waals surface area contributed by atoms with Gasteiger partial charge >= 0.3 is 0 Å². The summed E-state index contributed by atoms with van der Waals surface area (Å²) in [6.45, 7) is 0. The number of rotatable bonds is 4. The van der Waals surface area contributed by atoms with Crippen LogP contribution in [0.4, 0.5) is 17.2 Å². The van der Waals surface area contributed by atoms with Crippen LogP contribution in [0.15, 0.2) is 42.6 Å². The maximum atomic E-state index is 10.8. The van der Waals surface area contributed by atoms with Crippen LogP contribution in [0.2, 0.25) is 5.02 Å². The van der Waals surface area contributed by atoms with Gasteiger partial charge in [-0.25, -0.2) is 4.98 Å². The summed E-state index contributed by atoms with van der Waals surface area (Å²) in [6.07, 6.45) is 1.56. The number of nitrogens with one attached hydrogen (secondary N) is 2. The second-order valence-electron chi connectivity index (χ2n) is 3.36. The van der Waals surface area contributed by atoms with Crippen molar-refractivity contribution in [2.24, 2.45) is 0 Å². The Labute approximate surface area is 108 Å². The Hall–Kier alpha value is -2.34. The van der Waals surface area contributed by atoms with Gasteiger partial charge in [0.25, 0.3) is 5.69 Å². The molecule has 6 nitrogen and oxygen atoms in total. The van der Waals surface area contributed by atoms with Crippen molar-refractivity contribution in [3.05, 3.63) is 57.7 Å². The van der Waals surface area contributed by atoms with E-state index in [-0.39, 0.29) is 5.69 Å². The van der Waals surface area contributed by atoms with Gasteiger partial charge < -0.3 is 0 Å². The molecule has 92 valence electrons. The van der Waals surface area contributed by atoms with Crippen molar-refractivity contribution in [1.82, 2.24) is 4.98 Å². The number of pyridine rings is 1. The summed E-state index contributed by atoms with van der Waals surface area (Å²) in [6, 6.07) is 9.64. The van der Waals surface area contributed by atoms with Crippen LogP contribution in [0.3, 0.4) is 0 Å². The minimum absolute atomic E-state index is 0.0305. The molecule has 0 fully saturated rings. The first kappa shape index (κ1) is 12.1. The number of aromatic nitrogens is 1. The Balaban J connectivity index is 2.16. The first-order valence-electron chi connectivity index (χ1n) is 5.04. The van der Waals surface area contributed by atoms with Gasteiger partial charge in [-0.2, -0.15) is 0 Å². The maximum absolute atomic E-state index is 10.8. The number of anilines is 2. The second kappa shape index (κ2) is 5.33. The molecule has 0 unspecified atom stereocenters. The fourth-order valence-electron chi connectivity index (χ4n) is 1.34. The highest BCUT2D eigenvalue weighted by Crippen LogP contribution is 2.24. The second-order valence-corrected chi connectivity index (χ2v) is 3.77. The molecule has 0 spiro atoms. The zero-order valence-electron chi connectivity index (χ0n) is 9.13. The van der Waals surface area contributed by atoms with Crippen LogP contribution in [-0.2, 0) is 0 Å². The van der Waals surface area contributed by atoms with E-state index < -0.39 is 4.92 Å². The molecule has 1 aromatic carbocycles. The molecule has 1 heterocycles. The summed E-state index contributed by atoms with van der Waals surface area (Å²) in [4.78, 5) is 14.3. The first-order valence-corrected chi connectivity index (χ1v) is 5.42. The fourth-order valence-corrected chi connectivity index (χ4v) is 1.51. The molecule has 1 aromatic heterocycles. The normalized spacial score (nSPS) is 9.83. The van der Waals surface area contributed by atoms with Gasteiger partial charge in [0, 0.05) is 12.3 Å². The highest BCUT2D eigenvalue weighted by Gasteiger charge is 2.12. The molecule has 2 rings (SSSR count). The summed E-state index contributed by atoms with van der Waals surface area (Å²) in [5.41, 5.74) is 5.75. The smallest absolute Gasteiger partial charge is 0.293 e. The predicted molar refractivity (Wildman–Crippen MR) is 69.6 cm³/mol. The van der Waals surface area contributed by atoms with E-state index in [1.165, 1.54) is 6.07 Å². The van der Waals surface area contributed by atoms with Crippen LogP contribution < -0.4 is 10.9 Å². The van der Waals surface area contributed by atoms with E-state index in [9.17, 15) is 10.1 Å². The molecule has 0 aliphatic rings. The van der Waals surface area contributed by atoms with Gasteiger partial charge in [0.15, 0.2) is 5.82 Å². The quantitative estimate of drug-likeness (QED) is 0.655. The monoisotopic (exact) mass is 264 g/mol. The molecule has 2 aromatic rings. The van der Waals surface area contributed by atoms with E-state index >= 15 is 0 Å². The lowest BCUT2D eigenvalue weighted by atomic mass is 10.3. The zero-order chi connectivity index (χ0) is 13.0. The molecule has 0 aliphatic carbocycles. The molecular weight excluding hydrogens is 256 g/mol. The zero-order valence-corrected chi connectivity index (χ0v) is 9.89. The number of hydrazine groups is 1. The lowest BCUT2D eigenvalue weighted by molar-refractivity contribution is -0.383. The topological polar surface area (TPSA) is 80.1 Å². The number of hydrogen-bond donors (Lipinski definition) is 2. The molecule has 0 saturated heterocycles. The van der Waals surface area contributed by atoms with Gasteiger partial charge in [-0.1, -0.05) is 23.7 Å². The third-order valence-electron chi connectivity index (χ3n) is 2.17. The average molecular weight is 265 g/mol. The standard InChI is InChI=1S/C11H9ClN4O2/c12-8-4-3-7-13-11(8)15-14-9-5-1-2-6-10(9)16(17)18/h1-7,14H,(H,13,15). The van der Waals surface area contributed by atoms with Crippen LogP contribution in [0, 0.1) is 10.1 Å². The van der Waals surface area contributed by atoms with E-state index in [0.717, 1.165) is 0 Å². The molecule has 0 saturated carbocycles. The predicted octanol–water partition coefficient (Wildman–Crippen LogP) is 3.08. The van der Waals surface area contributed by atoms with Gasteiger partial charge in [-0.15, -0.1) is 0 Å². The number of nitrogens with zero attached hydrogens (tertiary/aromatic N) is 2. The van der Waals surface area contributed by atoms with Gasteiger partial charge in [-0.05, 0) is 18.2 Å². The first-order chi connectivity index (χ1) is 8.68. The summed E-state index contributed by atoms with van der Waals surface area (Å²) in [5, 5.41) is 11.2. The van der Waals surface area contributed by atoms with Crippen LogP contribution in [0.25, 0.3) is 0 Å². The van der Waals surface area contributed by atoms with E-state index in [1.54, 1.807) is 36.5 Å². The van der Waals surface area contributed by atoms with Crippen molar-refractivity contribution in [2.75, 3.05) is 10.9 Å². The molecule has 0 aliphatic heterocycles. The van der Waals surface area contributed by atoms with Crippen molar-refractivity contribution >= 4 is 28.8 Å². The number of para-hydroxylation sites is 2. The highest BCUT2D eigenvalue weighted by atomic mass is 35.5. The summed E-state index contributed by atoms with van der Waals surface area (Å²) in [7, 11) is 0. The highest BCUT2D eigenvalue weighted by molar-refractivity contribution is 6.32. The Kier molecular flexibility index (Phi) is 3.59. The van der Waals surface area contributed by atoms with E-state index in [1.807, 2.05) is 0 Å². The van der Waals surface area contributed by atoms with Crippen LogP contribution in [-0.4, -0.2) is 9.91 Å². The maximum Gasteiger partial charge on any atom is 0.294 e. The van der Waals surface area contributed by atoms with Gasteiger partial charge in [0.05, 0.1) is 9.95 Å². The third-order valence-corrected chi connectivity index (χ3v) is 2.48. The number of nitro groups is 1. The summed E-state index contributed by atoms with van der Waals surface area (Å²) >= 11 is 5.89. The Morgan fingerprint density at radius 2 is 1.94 bits per heavy atom. The van der Waals surface area contributed by atoms with Gasteiger partial charge in [0.1, 0.15) is 5.69 Å². The number of halogens is 1. The van der Waals surface area contributed by atoms with Gasteiger partial charge in [0.2, 0.25) is 0 Å². The van der Waals surface area contributed by atoms with E-state index in [2.05, 4.69) is 15.8 Å². The van der Waals surface area contributed by atoms with E-state index in [0.29, 0.717) is 16.5 Å².